The average Bonchev–Trinajstić information content (AvgIpc) is 3.19. The van der Waals surface area contributed by atoms with Gasteiger partial charge in [0.05, 0.1) is 11.8 Å². The number of phenolic OH excluding ortho intramolecular Hbond substituents is 1. The van der Waals surface area contributed by atoms with Crippen LogP contribution < -0.4 is 5.32 Å². The third kappa shape index (κ3) is 5.26. The number of rotatable bonds is 7. The van der Waals surface area contributed by atoms with Crippen molar-refractivity contribution in [2.45, 2.75) is 37.7 Å². The summed E-state index contributed by atoms with van der Waals surface area (Å²) in [5, 5.41) is 21.8. The molecule has 0 fully saturated rings. The van der Waals surface area contributed by atoms with Gasteiger partial charge in [-0.25, -0.2) is 0 Å². The van der Waals surface area contributed by atoms with Gasteiger partial charge >= 0.3 is 0 Å². The number of phenols is 1. The van der Waals surface area contributed by atoms with Crippen molar-refractivity contribution in [2.75, 3.05) is 5.32 Å². The minimum absolute atomic E-state index is 0.0853. The Morgan fingerprint density at radius 1 is 0.970 bits per heavy atom. The molecule has 168 valence electrons. The number of aromatic hydroxyl groups is 1. The Morgan fingerprint density at radius 2 is 1.64 bits per heavy atom. The molecule has 0 aliphatic rings. The Hall–Kier alpha value is -3.58. The van der Waals surface area contributed by atoms with Crippen molar-refractivity contribution in [1.29, 1.82) is 0 Å². The van der Waals surface area contributed by atoms with Gasteiger partial charge in [-0.1, -0.05) is 60.3 Å². The molecule has 0 bridgehead atoms. The summed E-state index contributed by atoms with van der Waals surface area (Å²) in [6.45, 7) is 6.41. The molecule has 1 aromatic heterocycles. The molecule has 0 radical (unpaired) electrons. The van der Waals surface area contributed by atoms with Crippen LogP contribution in [0.2, 0.25) is 0 Å². The van der Waals surface area contributed by atoms with Crippen LogP contribution in [0.1, 0.15) is 23.6 Å². The van der Waals surface area contributed by atoms with Crippen LogP contribution >= 0.6 is 11.8 Å². The topological polar surface area (TPSA) is 80.0 Å². The number of benzene rings is 3. The van der Waals surface area contributed by atoms with E-state index in [0.29, 0.717) is 17.5 Å². The number of nitrogens with zero attached hydrogens (tertiary/aromatic N) is 3. The van der Waals surface area contributed by atoms with Gasteiger partial charge in [0.1, 0.15) is 5.75 Å². The fourth-order valence-corrected chi connectivity index (χ4v) is 4.40. The van der Waals surface area contributed by atoms with Crippen LogP contribution in [0.5, 0.6) is 5.75 Å². The Morgan fingerprint density at radius 3 is 2.30 bits per heavy atom. The van der Waals surface area contributed by atoms with E-state index in [1.807, 2.05) is 86.0 Å². The highest BCUT2D eigenvalue weighted by Crippen LogP contribution is 2.29. The van der Waals surface area contributed by atoms with Crippen molar-refractivity contribution in [3.63, 3.8) is 0 Å². The van der Waals surface area contributed by atoms with Crippen LogP contribution in [0.25, 0.3) is 11.4 Å². The van der Waals surface area contributed by atoms with Gasteiger partial charge in [0, 0.05) is 11.3 Å². The zero-order valence-corrected chi connectivity index (χ0v) is 19.6. The highest BCUT2D eigenvalue weighted by atomic mass is 32.2. The maximum absolute atomic E-state index is 13.0. The van der Waals surface area contributed by atoms with E-state index in [2.05, 4.69) is 15.5 Å². The Bertz CT molecular complexity index is 1230. The number of amides is 1. The standard InChI is InChI=1S/C26H26N4O2S/c1-17-8-7-9-18(2)23(17)27-25(32)19(3)33-26-29-28-24(21-12-14-22(31)15-13-21)30(26)16-20-10-5-4-6-11-20/h4-15,19,31H,16H2,1-3H3,(H,27,32)/t19-/m1/s1. The van der Waals surface area contributed by atoms with Crippen molar-refractivity contribution in [1.82, 2.24) is 14.8 Å². The van der Waals surface area contributed by atoms with Crippen LogP contribution in [0.4, 0.5) is 5.69 Å². The van der Waals surface area contributed by atoms with Crippen LogP contribution in [0.15, 0.2) is 78.0 Å². The van der Waals surface area contributed by atoms with Crippen molar-refractivity contribution < 1.29 is 9.90 Å². The molecule has 3 aromatic carbocycles. The normalized spacial score (nSPS) is 11.8. The van der Waals surface area contributed by atoms with Crippen LogP contribution in [-0.4, -0.2) is 31.0 Å². The second kappa shape index (κ2) is 9.92. The first-order valence-corrected chi connectivity index (χ1v) is 11.6. The van der Waals surface area contributed by atoms with Gasteiger partial charge in [-0.05, 0) is 61.7 Å². The van der Waals surface area contributed by atoms with Gasteiger partial charge in [-0.3, -0.25) is 9.36 Å². The largest absolute Gasteiger partial charge is 0.508 e. The number of aromatic nitrogens is 3. The summed E-state index contributed by atoms with van der Waals surface area (Å²) in [6.07, 6.45) is 0. The van der Waals surface area contributed by atoms with Gasteiger partial charge in [0.2, 0.25) is 5.91 Å². The highest BCUT2D eigenvalue weighted by molar-refractivity contribution is 8.00. The Kier molecular flexibility index (Phi) is 6.79. The number of carbonyl (C=O) groups is 1. The molecule has 1 atom stereocenters. The summed E-state index contributed by atoms with van der Waals surface area (Å²) in [4.78, 5) is 13.0. The van der Waals surface area contributed by atoms with E-state index in [9.17, 15) is 9.90 Å². The molecule has 1 amide bonds. The molecule has 7 heteroatoms. The molecule has 0 unspecified atom stereocenters. The lowest BCUT2D eigenvalue weighted by Gasteiger charge is -2.16. The maximum atomic E-state index is 13.0. The summed E-state index contributed by atoms with van der Waals surface area (Å²) in [7, 11) is 0. The third-order valence-corrected chi connectivity index (χ3v) is 6.49. The summed E-state index contributed by atoms with van der Waals surface area (Å²) in [6, 6.07) is 22.9. The molecule has 0 saturated heterocycles. The fourth-order valence-electron chi connectivity index (χ4n) is 3.56. The summed E-state index contributed by atoms with van der Waals surface area (Å²) in [5.74, 6) is 0.792. The molecule has 4 aromatic rings. The molecule has 1 heterocycles. The van der Waals surface area contributed by atoms with Crippen molar-refractivity contribution >= 4 is 23.4 Å². The lowest BCUT2D eigenvalue weighted by Crippen LogP contribution is -2.24. The smallest absolute Gasteiger partial charge is 0.237 e. The molecule has 6 nitrogen and oxygen atoms in total. The van der Waals surface area contributed by atoms with Crippen molar-refractivity contribution in [2.24, 2.45) is 0 Å². The Balaban J connectivity index is 1.61. The van der Waals surface area contributed by atoms with Crippen molar-refractivity contribution in [3.8, 4) is 17.1 Å². The van der Waals surface area contributed by atoms with Gasteiger partial charge < -0.3 is 10.4 Å². The van der Waals surface area contributed by atoms with E-state index >= 15 is 0 Å². The summed E-state index contributed by atoms with van der Waals surface area (Å²) < 4.78 is 2.01. The molecule has 0 saturated carbocycles. The number of nitrogens with one attached hydrogen (secondary N) is 1. The monoisotopic (exact) mass is 458 g/mol. The van der Waals surface area contributed by atoms with E-state index in [-0.39, 0.29) is 16.9 Å². The Labute approximate surface area is 197 Å². The third-order valence-electron chi connectivity index (χ3n) is 5.41. The second-order valence-corrected chi connectivity index (χ2v) is 9.25. The first kappa shape index (κ1) is 22.6. The fraction of sp³-hybridized carbons (Fsp3) is 0.192. The van der Waals surface area contributed by atoms with Crippen LogP contribution in [0, 0.1) is 13.8 Å². The van der Waals surface area contributed by atoms with Gasteiger partial charge in [0.15, 0.2) is 11.0 Å². The van der Waals surface area contributed by atoms with Crippen molar-refractivity contribution in [3.05, 3.63) is 89.5 Å². The number of hydrogen-bond donors (Lipinski definition) is 2. The number of anilines is 1. The SMILES string of the molecule is Cc1cccc(C)c1NC(=O)[C@@H](C)Sc1nnc(-c2ccc(O)cc2)n1Cc1ccccc1. The lowest BCUT2D eigenvalue weighted by molar-refractivity contribution is -0.115. The highest BCUT2D eigenvalue weighted by Gasteiger charge is 2.22. The average molecular weight is 459 g/mol. The van der Waals surface area contributed by atoms with Crippen LogP contribution in [-0.2, 0) is 11.3 Å². The minimum Gasteiger partial charge on any atom is -0.508 e. The quantitative estimate of drug-likeness (QED) is 0.361. The molecule has 0 spiro atoms. The molecule has 33 heavy (non-hydrogen) atoms. The minimum atomic E-state index is -0.379. The van der Waals surface area contributed by atoms with E-state index in [1.54, 1.807) is 12.1 Å². The van der Waals surface area contributed by atoms with E-state index in [1.165, 1.54) is 11.8 Å². The molecular formula is C26H26N4O2S. The number of thioether (sulfide) groups is 1. The summed E-state index contributed by atoms with van der Waals surface area (Å²) in [5.41, 5.74) is 4.86. The predicted octanol–water partition coefficient (Wildman–Crippen LogP) is 5.44. The number of hydrogen-bond acceptors (Lipinski definition) is 5. The zero-order valence-electron chi connectivity index (χ0n) is 18.8. The number of aryl methyl sites for hydroxylation is 2. The maximum Gasteiger partial charge on any atom is 0.237 e. The molecular weight excluding hydrogens is 432 g/mol. The lowest BCUT2D eigenvalue weighted by atomic mass is 10.1. The van der Waals surface area contributed by atoms with Gasteiger partial charge in [0.25, 0.3) is 0 Å². The van der Waals surface area contributed by atoms with Crippen LogP contribution in [0.3, 0.4) is 0 Å². The first-order valence-electron chi connectivity index (χ1n) is 10.7. The number of para-hydroxylation sites is 1. The van der Waals surface area contributed by atoms with E-state index in [4.69, 9.17) is 0 Å². The number of carbonyl (C=O) groups excluding carboxylic acids is 1. The molecule has 0 aliphatic heterocycles. The molecule has 0 aliphatic carbocycles. The molecule has 4 rings (SSSR count). The summed E-state index contributed by atoms with van der Waals surface area (Å²) >= 11 is 1.38. The van der Waals surface area contributed by atoms with E-state index in [0.717, 1.165) is 27.9 Å². The van der Waals surface area contributed by atoms with Gasteiger partial charge in [-0.15, -0.1) is 10.2 Å². The zero-order chi connectivity index (χ0) is 23.4. The van der Waals surface area contributed by atoms with Gasteiger partial charge in [-0.2, -0.15) is 0 Å². The predicted molar refractivity (Wildman–Crippen MR) is 133 cm³/mol. The first-order chi connectivity index (χ1) is 15.9. The second-order valence-electron chi connectivity index (χ2n) is 7.94. The van der Waals surface area contributed by atoms with E-state index < -0.39 is 0 Å². The molecule has 2 N–H and O–H groups in total.